The van der Waals surface area contributed by atoms with E-state index in [1.807, 2.05) is 19.0 Å². The Morgan fingerprint density at radius 1 is 1.26 bits per heavy atom. The van der Waals surface area contributed by atoms with Gasteiger partial charge in [-0.25, -0.2) is 4.98 Å². The summed E-state index contributed by atoms with van der Waals surface area (Å²) in [6, 6.07) is 4.04. The van der Waals surface area contributed by atoms with Gasteiger partial charge in [-0.3, -0.25) is 9.69 Å². The normalized spacial score (nSPS) is 15.6. The SMILES string of the molecule is CN(C)CCN(C(=O)C1CCCC1)c1nc2ccc(OC(F)(F)F)cc2s1. The van der Waals surface area contributed by atoms with Crippen LogP contribution in [0.25, 0.3) is 10.2 Å². The molecule has 1 aliphatic rings. The van der Waals surface area contributed by atoms with Gasteiger partial charge in [0.2, 0.25) is 5.91 Å². The van der Waals surface area contributed by atoms with Gasteiger partial charge in [0.15, 0.2) is 5.13 Å². The molecule has 0 unspecified atom stereocenters. The predicted molar refractivity (Wildman–Crippen MR) is 99.2 cm³/mol. The average molecular weight is 401 g/mol. The summed E-state index contributed by atoms with van der Waals surface area (Å²) in [4.78, 5) is 21.1. The van der Waals surface area contributed by atoms with E-state index in [9.17, 15) is 18.0 Å². The van der Waals surface area contributed by atoms with Gasteiger partial charge in [0.1, 0.15) is 5.75 Å². The summed E-state index contributed by atoms with van der Waals surface area (Å²) >= 11 is 1.21. The van der Waals surface area contributed by atoms with Crippen LogP contribution in [0.4, 0.5) is 18.3 Å². The molecule has 1 aromatic carbocycles. The summed E-state index contributed by atoms with van der Waals surface area (Å²) in [6.07, 6.45) is -0.874. The second-order valence-electron chi connectivity index (χ2n) is 6.95. The molecular formula is C18H22F3N3O2S. The highest BCUT2D eigenvalue weighted by Gasteiger charge is 2.32. The van der Waals surface area contributed by atoms with Gasteiger partial charge < -0.3 is 9.64 Å². The molecular weight excluding hydrogens is 379 g/mol. The number of carbonyl (C=O) groups is 1. The van der Waals surface area contributed by atoms with Crippen LogP contribution in [0.3, 0.4) is 0 Å². The molecule has 0 atom stereocenters. The Morgan fingerprint density at radius 3 is 2.59 bits per heavy atom. The molecule has 1 fully saturated rings. The summed E-state index contributed by atoms with van der Waals surface area (Å²) in [5.41, 5.74) is 0.554. The lowest BCUT2D eigenvalue weighted by Crippen LogP contribution is -2.39. The second kappa shape index (κ2) is 8.02. The summed E-state index contributed by atoms with van der Waals surface area (Å²) in [5, 5.41) is 0.521. The second-order valence-corrected chi connectivity index (χ2v) is 7.96. The summed E-state index contributed by atoms with van der Waals surface area (Å²) in [6.45, 7) is 1.17. The maximum absolute atomic E-state index is 13.0. The number of halogens is 3. The first-order valence-electron chi connectivity index (χ1n) is 8.85. The first-order valence-corrected chi connectivity index (χ1v) is 9.67. The Balaban J connectivity index is 1.88. The minimum atomic E-state index is -4.74. The van der Waals surface area contributed by atoms with Crippen molar-refractivity contribution in [3.05, 3.63) is 18.2 Å². The first kappa shape index (κ1) is 19.9. The molecule has 27 heavy (non-hydrogen) atoms. The molecule has 1 saturated carbocycles. The molecule has 148 valence electrons. The fraction of sp³-hybridized carbons (Fsp3) is 0.556. The zero-order chi connectivity index (χ0) is 19.6. The molecule has 3 rings (SSSR count). The molecule has 9 heteroatoms. The van der Waals surface area contributed by atoms with E-state index < -0.39 is 6.36 Å². The van der Waals surface area contributed by atoms with Crippen LogP contribution in [0.1, 0.15) is 25.7 Å². The third kappa shape index (κ3) is 5.10. The number of likely N-dealkylation sites (N-methyl/N-ethyl adjacent to an activating group) is 1. The average Bonchev–Trinajstić information content (AvgIpc) is 3.22. The van der Waals surface area contributed by atoms with Gasteiger partial charge in [-0.05, 0) is 39.1 Å². The molecule has 1 aromatic heterocycles. The van der Waals surface area contributed by atoms with Crippen molar-refractivity contribution in [3.63, 3.8) is 0 Å². The number of thiazole rings is 1. The smallest absolute Gasteiger partial charge is 0.406 e. The van der Waals surface area contributed by atoms with E-state index in [4.69, 9.17) is 0 Å². The first-order chi connectivity index (χ1) is 12.7. The minimum Gasteiger partial charge on any atom is -0.406 e. The number of rotatable bonds is 6. The monoisotopic (exact) mass is 401 g/mol. The van der Waals surface area contributed by atoms with E-state index in [-0.39, 0.29) is 17.6 Å². The maximum atomic E-state index is 13.0. The number of fused-ring (bicyclic) bond motifs is 1. The van der Waals surface area contributed by atoms with Crippen molar-refractivity contribution < 1.29 is 22.7 Å². The van der Waals surface area contributed by atoms with E-state index in [1.165, 1.54) is 29.5 Å². The van der Waals surface area contributed by atoms with E-state index in [0.717, 1.165) is 25.7 Å². The summed E-state index contributed by atoms with van der Waals surface area (Å²) in [5.74, 6) is -0.226. The molecule has 0 N–H and O–H groups in total. The van der Waals surface area contributed by atoms with Crippen molar-refractivity contribution in [3.8, 4) is 5.75 Å². The number of aromatic nitrogens is 1. The lowest BCUT2D eigenvalue weighted by Gasteiger charge is -2.24. The van der Waals surface area contributed by atoms with E-state index in [1.54, 1.807) is 4.90 Å². The van der Waals surface area contributed by atoms with E-state index >= 15 is 0 Å². The molecule has 0 saturated heterocycles. The number of hydrogen-bond donors (Lipinski definition) is 0. The molecule has 0 bridgehead atoms. The fourth-order valence-corrected chi connectivity index (χ4v) is 4.22. The largest absolute Gasteiger partial charge is 0.573 e. The van der Waals surface area contributed by atoms with Crippen LogP contribution in [0.15, 0.2) is 18.2 Å². The molecule has 1 amide bonds. The van der Waals surface area contributed by atoms with Crippen molar-refractivity contribution in [2.75, 3.05) is 32.1 Å². The standard InChI is InChI=1S/C18H22F3N3O2S/c1-23(2)9-10-24(16(25)12-5-3-4-6-12)17-22-14-8-7-13(11-15(14)27-17)26-18(19,20)21/h7-8,11-12H,3-6,9-10H2,1-2H3. The Bertz CT molecular complexity index is 801. The highest BCUT2D eigenvalue weighted by atomic mass is 32.1. The third-order valence-corrected chi connectivity index (χ3v) is 5.60. The number of carbonyl (C=O) groups excluding carboxylic acids is 1. The fourth-order valence-electron chi connectivity index (χ4n) is 3.20. The van der Waals surface area contributed by atoms with Gasteiger partial charge in [0, 0.05) is 25.1 Å². The number of alkyl halides is 3. The van der Waals surface area contributed by atoms with Crippen molar-refractivity contribution in [1.82, 2.24) is 9.88 Å². The van der Waals surface area contributed by atoms with Crippen LogP contribution >= 0.6 is 11.3 Å². The van der Waals surface area contributed by atoms with E-state index in [0.29, 0.717) is 28.4 Å². The van der Waals surface area contributed by atoms with E-state index in [2.05, 4.69) is 9.72 Å². The molecule has 1 aliphatic carbocycles. The summed E-state index contributed by atoms with van der Waals surface area (Å²) in [7, 11) is 3.86. The quantitative estimate of drug-likeness (QED) is 0.725. The van der Waals surface area contributed by atoms with Gasteiger partial charge in [-0.15, -0.1) is 13.2 Å². The zero-order valence-corrected chi connectivity index (χ0v) is 16.1. The lowest BCUT2D eigenvalue weighted by molar-refractivity contribution is -0.274. The zero-order valence-electron chi connectivity index (χ0n) is 15.3. The number of hydrogen-bond acceptors (Lipinski definition) is 5. The van der Waals surface area contributed by atoms with Crippen molar-refractivity contribution in [2.24, 2.45) is 5.92 Å². The molecule has 0 aliphatic heterocycles. The van der Waals surface area contributed by atoms with Crippen LogP contribution < -0.4 is 9.64 Å². The lowest BCUT2D eigenvalue weighted by atomic mass is 10.1. The molecule has 1 heterocycles. The third-order valence-electron chi connectivity index (χ3n) is 4.55. The van der Waals surface area contributed by atoms with Gasteiger partial charge >= 0.3 is 6.36 Å². The Hall–Kier alpha value is -1.87. The van der Waals surface area contributed by atoms with Gasteiger partial charge in [-0.2, -0.15) is 0 Å². The number of ether oxygens (including phenoxy) is 1. The van der Waals surface area contributed by atoms with Gasteiger partial charge in [0.05, 0.1) is 10.2 Å². The molecule has 0 radical (unpaired) electrons. The molecule has 0 spiro atoms. The Labute approximate surface area is 159 Å². The van der Waals surface area contributed by atoms with Crippen LogP contribution in [-0.4, -0.2) is 49.3 Å². The van der Waals surface area contributed by atoms with Crippen molar-refractivity contribution in [1.29, 1.82) is 0 Å². The van der Waals surface area contributed by atoms with Crippen molar-refractivity contribution >= 4 is 32.6 Å². The molecule has 2 aromatic rings. The van der Waals surface area contributed by atoms with Crippen molar-refractivity contribution in [2.45, 2.75) is 32.0 Å². The topological polar surface area (TPSA) is 45.7 Å². The maximum Gasteiger partial charge on any atom is 0.573 e. The van der Waals surface area contributed by atoms with Gasteiger partial charge in [0.25, 0.3) is 0 Å². The van der Waals surface area contributed by atoms with Crippen LogP contribution in [-0.2, 0) is 4.79 Å². The molecule has 5 nitrogen and oxygen atoms in total. The highest BCUT2D eigenvalue weighted by Crippen LogP contribution is 2.35. The Morgan fingerprint density at radius 2 is 1.96 bits per heavy atom. The predicted octanol–water partition coefficient (Wildman–Crippen LogP) is 4.28. The van der Waals surface area contributed by atoms with Crippen LogP contribution in [0, 0.1) is 5.92 Å². The van der Waals surface area contributed by atoms with Gasteiger partial charge in [-0.1, -0.05) is 24.2 Å². The van der Waals surface area contributed by atoms with Crippen LogP contribution in [0.5, 0.6) is 5.75 Å². The Kier molecular flexibility index (Phi) is 5.90. The number of amides is 1. The minimum absolute atomic E-state index is 0.00305. The highest BCUT2D eigenvalue weighted by molar-refractivity contribution is 7.22. The number of benzene rings is 1. The number of nitrogens with zero attached hydrogens (tertiary/aromatic N) is 3. The van der Waals surface area contributed by atoms with Crippen LogP contribution in [0.2, 0.25) is 0 Å². The number of anilines is 1. The summed E-state index contributed by atoms with van der Waals surface area (Å²) < 4.78 is 41.8.